The molecule has 2 aromatic carbocycles. The highest BCUT2D eigenvalue weighted by Crippen LogP contribution is 2.31. The number of nitriles is 1. The number of rotatable bonds is 3. The third-order valence-corrected chi connectivity index (χ3v) is 3.49. The van der Waals surface area contributed by atoms with E-state index in [9.17, 15) is 0 Å². The van der Waals surface area contributed by atoms with Crippen molar-refractivity contribution in [2.24, 2.45) is 0 Å². The van der Waals surface area contributed by atoms with Gasteiger partial charge in [0.2, 0.25) is 0 Å². The molecule has 0 amide bonds. The Morgan fingerprint density at radius 1 is 1.21 bits per heavy atom. The first-order valence-corrected chi connectivity index (χ1v) is 7.00. The van der Waals surface area contributed by atoms with E-state index in [4.69, 9.17) is 21.6 Å². The van der Waals surface area contributed by atoms with E-state index in [0.717, 1.165) is 15.6 Å². The van der Waals surface area contributed by atoms with Gasteiger partial charge in [-0.2, -0.15) is 5.26 Å². The number of nitrogens with zero attached hydrogens (tertiary/aromatic N) is 1. The summed E-state index contributed by atoms with van der Waals surface area (Å²) >= 11 is 9.31. The summed E-state index contributed by atoms with van der Waals surface area (Å²) in [5, 5.41) is 8.93. The summed E-state index contributed by atoms with van der Waals surface area (Å²) in [6, 6.07) is 13.2. The number of alkyl halides is 1. The molecule has 0 aliphatic rings. The summed E-state index contributed by atoms with van der Waals surface area (Å²) in [4.78, 5) is 0. The van der Waals surface area contributed by atoms with Crippen LogP contribution in [0.4, 0.5) is 0 Å². The molecule has 2 rings (SSSR count). The SMILES string of the molecule is Cc1ccc(C#N)cc1Oc1cc(Br)ccc1CCl. The number of aryl methyl sites for hydroxylation is 1. The monoisotopic (exact) mass is 335 g/mol. The summed E-state index contributed by atoms with van der Waals surface area (Å²) in [5.41, 5.74) is 2.45. The lowest BCUT2D eigenvalue weighted by Crippen LogP contribution is -1.92. The highest BCUT2D eigenvalue weighted by Gasteiger charge is 2.08. The van der Waals surface area contributed by atoms with Gasteiger partial charge in [0.1, 0.15) is 11.5 Å². The predicted octanol–water partition coefficient (Wildman–Crippen LogP) is 5.16. The summed E-state index contributed by atoms with van der Waals surface area (Å²) in [6.07, 6.45) is 0. The third kappa shape index (κ3) is 3.28. The molecule has 0 aliphatic carbocycles. The molecule has 0 radical (unpaired) electrons. The minimum atomic E-state index is 0.375. The molecule has 0 heterocycles. The van der Waals surface area contributed by atoms with Crippen LogP contribution in [-0.2, 0) is 5.88 Å². The van der Waals surface area contributed by atoms with Crippen molar-refractivity contribution in [3.05, 3.63) is 57.6 Å². The Balaban J connectivity index is 2.41. The zero-order chi connectivity index (χ0) is 13.8. The highest BCUT2D eigenvalue weighted by atomic mass is 79.9. The quantitative estimate of drug-likeness (QED) is 0.725. The maximum Gasteiger partial charge on any atom is 0.132 e. The molecule has 0 aliphatic heterocycles. The van der Waals surface area contributed by atoms with Gasteiger partial charge in [0.15, 0.2) is 0 Å². The van der Waals surface area contributed by atoms with Crippen molar-refractivity contribution in [3.63, 3.8) is 0 Å². The first kappa shape index (κ1) is 13.9. The molecular weight excluding hydrogens is 326 g/mol. The molecule has 4 heteroatoms. The average molecular weight is 337 g/mol. The number of hydrogen-bond acceptors (Lipinski definition) is 2. The van der Waals surface area contributed by atoms with Gasteiger partial charge >= 0.3 is 0 Å². The molecule has 0 spiro atoms. The Bertz CT molecular complexity index is 649. The normalized spacial score (nSPS) is 10.0. The van der Waals surface area contributed by atoms with Crippen LogP contribution in [-0.4, -0.2) is 0 Å². The van der Waals surface area contributed by atoms with Gasteiger partial charge in [-0.15, -0.1) is 11.6 Å². The van der Waals surface area contributed by atoms with Crippen molar-refractivity contribution in [3.8, 4) is 17.6 Å². The summed E-state index contributed by atoms with van der Waals surface area (Å²) in [6.45, 7) is 1.94. The van der Waals surface area contributed by atoms with Crippen LogP contribution in [0.15, 0.2) is 40.9 Å². The summed E-state index contributed by atoms with van der Waals surface area (Å²) < 4.78 is 6.81. The van der Waals surface area contributed by atoms with Gasteiger partial charge in [-0.05, 0) is 36.8 Å². The second kappa shape index (κ2) is 6.10. The van der Waals surface area contributed by atoms with Gasteiger partial charge in [-0.1, -0.05) is 28.1 Å². The maximum atomic E-state index is 8.93. The van der Waals surface area contributed by atoms with E-state index in [1.807, 2.05) is 31.2 Å². The second-order valence-corrected chi connectivity index (χ2v) is 5.26. The molecule has 0 saturated carbocycles. The number of ether oxygens (including phenoxy) is 1. The topological polar surface area (TPSA) is 33.0 Å². The van der Waals surface area contributed by atoms with Crippen molar-refractivity contribution < 1.29 is 4.74 Å². The van der Waals surface area contributed by atoms with Gasteiger partial charge < -0.3 is 4.74 Å². The van der Waals surface area contributed by atoms with Crippen molar-refractivity contribution in [2.45, 2.75) is 12.8 Å². The second-order valence-electron chi connectivity index (χ2n) is 4.08. The molecule has 2 nitrogen and oxygen atoms in total. The molecule has 0 atom stereocenters. The van der Waals surface area contributed by atoms with Gasteiger partial charge in [-0.25, -0.2) is 0 Å². The average Bonchev–Trinajstić information content (AvgIpc) is 2.41. The van der Waals surface area contributed by atoms with Crippen LogP contribution in [0.2, 0.25) is 0 Å². The summed E-state index contributed by atoms with van der Waals surface area (Å²) in [7, 11) is 0. The van der Waals surface area contributed by atoms with Gasteiger partial charge in [0.05, 0.1) is 17.5 Å². The molecular formula is C15H11BrClNO. The van der Waals surface area contributed by atoms with Gasteiger partial charge in [0, 0.05) is 10.0 Å². The fourth-order valence-electron chi connectivity index (χ4n) is 1.63. The molecule has 0 aromatic heterocycles. The van der Waals surface area contributed by atoms with Crippen LogP contribution in [0, 0.1) is 18.3 Å². The number of benzene rings is 2. The van der Waals surface area contributed by atoms with Crippen molar-refractivity contribution in [1.29, 1.82) is 5.26 Å². The number of hydrogen-bond donors (Lipinski definition) is 0. The lowest BCUT2D eigenvalue weighted by Gasteiger charge is -2.12. The standard InChI is InChI=1S/C15H11BrClNO/c1-10-2-3-11(9-18)6-14(10)19-15-7-13(16)5-4-12(15)8-17/h2-7H,8H2,1H3. The van der Waals surface area contributed by atoms with E-state index in [2.05, 4.69) is 22.0 Å². The molecule has 0 saturated heterocycles. The third-order valence-electron chi connectivity index (χ3n) is 2.71. The summed E-state index contributed by atoms with van der Waals surface area (Å²) in [5.74, 6) is 1.74. The van der Waals surface area contributed by atoms with E-state index >= 15 is 0 Å². The first-order chi connectivity index (χ1) is 9.13. The molecule has 2 aromatic rings. The first-order valence-electron chi connectivity index (χ1n) is 5.67. The molecule has 0 N–H and O–H groups in total. The van der Waals surface area contributed by atoms with Crippen LogP contribution in [0.3, 0.4) is 0 Å². The predicted molar refractivity (Wildman–Crippen MR) is 79.7 cm³/mol. The molecule has 96 valence electrons. The van der Waals surface area contributed by atoms with Crippen LogP contribution in [0.1, 0.15) is 16.7 Å². The Morgan fingerprint density at radius 3 is 2.68 bits per heavy atom. The maximum absolute atomic E-state index is 8.93. The fraction of sp³-hybridized carbons (Fsp3) is 0.133. The molecule has 19 heavy (non-hydrogen) atoms. The van der Waals surface area contributed by atoms with Crippen LogP contribution >= 0.6 is 27.5 Å². The van der Waals surface area contributed by atoms with E-state index in [1.54, 1.807) is 12.1 Å². The van der Waals surface area contributed by atoms with Crippen LogP contribution in [0.5, 0.6) is 11.5 Å². The van der Waals surface area contributed by atoms with E-state index in [-0.39, 0.29) is 0 Å². The van der Waals surface area contributed by atoms with Crippen LogP contribution in [0.25, 0.3) is 0 Å². The lowest BCUT2D eigenvalue weighted by molar-refractivity contribution is 0.474. The Kier molecular flexibility index (Phi) is 4.47. The Labute approximate surface area is 125 Å². The van der Waals surface area contributed by atoms with E-state index in [1.165, 1.54) is 0 Å². The Hall–Kier alpha value is -1.50. The Morgan fingerprint density at radius 2 is 2.00 bits per heavy atom. The van der Waals surface area contributed by atoms with Crippen molar-refractivity contribution in [2.75, 3.05) is 0 Å². The van der Waals surface area contributed by atoms with E-state index < -0.39 is 0 Å². The van der Waals surface area contributed by atoms with Gasteiger partial charge in [0.25, 0.3) is 0 Å². The molecule has 0 fully saturated rings. The van der Waals surface area contributed by atoms with Crippen LogP contribution < -0.4 is 4.74 Å². The zero-order valence-electron chi connectivity index (χ0n) is 10.3. The number of halogens is 2. The lowest BCUT2D eigenvalue weighted by atomic mass is 10.1. The molecule has 0 unspecified atom stereocenters. The van der Waals surface area contributed by atoms with Crippen molar-refractivity contribution in [1.82, 2.24) is 0 Å². The molecule has 0 bridgehead atoms. The smallest absolute Gasteiger partial charge is 0.132 e. The van der Waals surface area contributed by atoms with Crippen molar-refractivity contribution >= 4 is 27.5 Å². The highest BCUT2D eigenvalue weighted by molar-refractivity contribution is 9.10. The van der Waals surface area contributed by atoms with E-state index in [0.29, 0.717) is 22.9 Å². The minimum Gasteiger partial charge on any atom is -0.457 e. The minimum absolute atomic E-state index is 0.375. The zero-order valence-corrected chi connectivity index (χ0v) is 12.6. The largest absolute Gasteiger partial charge is 0.457 e. The fourth-order valence-corrected chi connectivity index (χ4v) is 2.19. The van der Waals surface area contributed by atoms with Gasteiger partial charge in [-0.3, -0.25) is 0 Å².